The summed E-state index contributed by atoms with van der Waals surface area (Å²) in [5.74, 6) is 1.16. The second-order valence-electron chi connectivity index (χ2n) is 5.68. The number of carbonyl (C=O) groups excluding carboxylic acids is 1. The van der Waals surface area contributed by atoms with E-state index in [1.807, 2.05) is 55.5 Å². The summed E-state index contributed by atoms with van der Waals surface area (Å²) < 4.78 is 12.3. The van der Waals surface area contributed by atoms with E-state index in [4.69, 9.17) is 9.47 Å². The Labute approximate surface area is 182 Å². The Balaban J connectivity index is 1.87. The SMILES string of the molecule is C=CCOc1c(I)cc(/C=C2\SC(=Nc3ccccc3)NC2=O)cc1OCC. The summed E-state index contributed by atoms with van der Waals surface area (Å²) >= 11 is 3.52. The molecule has 1 aliphatic rings. The Morgan fingerprint density at radius 3 is 2.75 bits per heavy atom. The number of para-hydroxylation sites is 1. The Morgan fingerprint density at radius 2 is 2.04 bits per heavy atom. The largest absolute Gasteiger partial charge is 0.490 e. The number of nitrogens with one attached hydrogen (secondary N) is 1. The summed E-state index contributed by atoms with van der Waals surface area (Å²) in [6.45, 7) is 6.51. The summed E-state index contributed by atoms with van der Waals surface area (Å²) in [6, 6.07) is 13.3. The molecule has 0 radical (unpaired) electrons. The topological polar surface area (TPSA) is 59.9 Å². The molecule has 28 heavy (non-hydrogen) atoms. The van der Waals surface area contributed by atoms with Gasteiger partial charge in [0.05, 0.1) is 20.8 Å². The Morgan fingerprint density at radius 1 is 1.25 bits per heavy atom. The van der Waals surface area contributed by atoms with Crippen LogP contribution in [0.5, 0.6) is 11.5 Å². The van der Waals surface area contributed by atoms with Crippen molar-refractivity contribution >= 4 is 57.2 Å². The molecule has 0 saturated carbocycles. The van der Waals surface area contributed by atoms with Crippen molar-refractivity contribution in [1.82, 2.24) is 5.32 Å². The van der Waals surface area contributed by atoms with Crippen LogP contribution in [0.4, 0.5) is 5.69 Å². The van der Waals surface area contributed by atoms with Crippen LogP contribution in [0, 0.1) is 3.57 Å². The average Bonchev–Trinajstić information content (AvgIpc) is 3.01. The first kappa shape index (κ1) is 20.5. The molecular weight excluding hydrogens is 487 g/mol. The highest BCUT2D eigenvalue weighted by Gasteiger charge is 2.24. The van der Waals surface area contributed by atoms with Crippen molar-refractivity contribution in [2.45, 2.75) is 6.92 Å². The number of aliphatic imine (C=N–C) groups is 1. The fraction of sp³-hybridized carbons (Fsp3) is 0.143. The third kappa shape index (κ3) is 5.17. The molecule has 1 saturated heterocycles. The van der Waals surface area contributed by atoms with Gasteiger partial charge in [-0.1, -0.05) is 30.9 Å². The molecular formula is C21H19IN2O3S. The van der Waals surface area contributed by atoms with Crippen LogP contribution in [-0.4, -0.2) is 24.3 Å². The first-order valence-electron chi connectivity index (χ1n) is 8.65. The minimum Gasteiger partial charge on any atom is -0.490 e. The molecule has 0 atom stereocenters. The molecule has 0 aromatic heterocycles. The molecule has 0 spiro atoms. The standard InChI is InChI=1S/C21H19IN2O3S/c1-3-10-27-19-16(22)11-14(12-17(19)26-4-2)13-18-20(25)24-21(28-18)23-15-8-6-5-7-9-15/h3,5-9,11-13H,1,4,10H2,2H3,(H,23,24,25)/b18-13-. The van der Waals surface area contributed by atoms with E-state index < -0.39 is 0 Å². The van der Waals surface area contributed by atoms with Gasteiger partial charge in [-0.15, -0.1) is 0 Å². The van der Waals surface area contributed by atoms with Gasteiger partial charge in [-0.3, -0.25) is 4.79 Å². The number of amides is 1. The van der Waals surface area contributed by atoms with E-state index in [-0.39, 0.29) is 5.91 Å². The van der Waals surface area contributed by atoms with Crippen molar-refractivity contribution < 1.29 is 14.3 Å². The second-order valence-corrected chi connectivity index (χ2v) is 7.87. The van der Waals surface area contributed by atoms with Crippen LogP contribution in [0.1, 0.15) is 12.5 Å². The number of amidine groups is 1. The first-order valence-corrected chi connectivity index (χ1v) is 10.5. The number of hydrogen-bond donors (Lipinski definition) is 1. The molecule has 7 heteroatoms. The van der Waals surface area contributed by atoms with Gasteiger partial charge in [-0.2, -0.15) is 0 Å². The summed E-state index contributed by atoms with van der Waals surface area (Å²) in [5.41, 5.74) is 1.65. The van der Waals surface area contributed by atoms with Crippen LogP contribution in [0.3, 0.4) is 0 Å². The highest BCUT2D eigenvalue weighted by molar-refractivity contribution is 14.1. The van der Waals surface area contributed by atoms with Gasteiger partial charge >= 0.3 is 0 Å². The zero-order chi connectivity index (χ0) is 19.9. The number of ether oxygens (including phenoxy) is 2. The van der Waals surface area contributed by atoms with E-state index in [0.29, 0.717) is 34.8 Å². The number of nitrogens with zero attached hydrogens (tertiary/aromatic N) is 1. The normalized spacial score (nSPS) is 16.3. The monoisotopic (exact) mass is 506 g/mol. The highest BCUT2D eigenvalue weighted by atomic mass is 127. The minimum atomic E-state index is -0.167. The maximum atomic E-state index is 12.3. The fourth-order valence-corrected chi connectivity index (χ4v) is 4.09. The summed E-state index contributed by atoms with van der Waals surface area (Å²) in [4.78, 5) is 17.4. The summed E-state index contributed by atoms with van der Waals surface area (Å²) in [6.07, 6.45) is 3.52. The molecule has 0 aliphatic carbocycles. The van der Waals surface area contributed by atoms with Gasteiger partial charge in [0.1, 0.15) is 6.61 Å². The average molecular weight is 506 g/mol. The molecule has 2 aromatic carbocycles. The van der Waals surface area contributed by atoms with Gasteiger partial charge < -0.3 is 14.8 Å². The predicted octanol–water partition coefficient (Wildman–Crippen LogP) is 5.15. The number of halogens is 1. The maximum Gasteiger partial charge on any atom is 0.264 e. The van der Waals surface area contributed by atoms with Gasteiger partial charge in [0, 0.05) is 0 Å². The molecule has 5 nitrogen and oxygen atoms in total. The lowest BCUT2D eigenvalue weighted by molar-refractivity contribution is -0.115. The molecule has 3 rings (SSSR count). The van der Waals surface area contributed by atoms with Crippen LogP contribution in [0.15, 0.2) is 65.0 Å². The lowest BCUT2D eigenvalue weighted by Crippen LogP contribution is -2.19. The third-order valence-electron chi connectivity index (χ3n) is 3.61. The molecule has 0 bridgehead atoms. The van der Waals surface area contributed by atoms with Crippen LogP contribution >= 0.6 is 34.4 Å². The van der Waals surface area contributed by atoms with Crippen molar-refractivity contribution in [1.29, 1.82) is 0 Å². The van der Waals surface area contributed by atoms with Crippen molar-refractivity contribution in [2.75, 3.05) is 13.2 Å². The van der Waals surface area contributed by atoms with E-state index in [1.54, 1.807) is 6.08 Å². The van der Waals surface area contributed by atoms with Crippen LogP contribution in [0.2, 0.25) is 0 Å². The third-order valence-corrected chi connectivity index (χ3v) is 5.32. The second kappa shape index (κ2) is 9.79. The number of carbonyl (C=O) groups is 1. The summed E-state index contributed by atoms with van der Waals surface area (Å²) in [7, 11) is 0. The molecule has 144 valence electrons. The Hall–Kier alpha value is -2.26. The molecule has 1 N–H and O–H groups in total. The van der Waals surface area contributed by atoms with E-state index in [1.165, 1.54) is 11.8 Å². The number of thioether (sulfide) groups is 1. The molecule has 1 fully saturated rings. The van der Waals surface area contributed by atoms with E-state index in [9.17, 15) is 4.79 Å². The van der Waals surface area contributed by atoms with Crippen molar-refractivity contribution in [3.05, 3.63) is 69.2 Å². The lowest BCUT2D eigenvalue weighted by Gasteiger charge is -2.13. The van der Waals surface area contributed by atoms with Gasteiger partial charge in [0.2, 0.25) is 0 Å². The number of rotatable bonds is 7. The number of hydrogen-bond acceptors (Lipinski definition) is 5. The van der Waals surface area contributed by atoms with Crippen molar-refractivity contribution in [2.24, 2.45) is 4.99 Å². The zero-order valence-electron chi connectivity index (χ0n) is 15.3. The Bertz CT molecular complexity index is 942. The van der Waals surface area contributed by atoms with Gasteiger partial charge in [-0.25, -0.2) is 4.99 Å². The molecule has 1 amide bonds. The Kier molecular flexibility index (Phi) is 7.16. The maximum absolute atomic E-state index is 12.3. The number of benzene rings is 2. The molecule has 0 unspecified atom stereocenters. The van der Waals surface area contributed by atoms with Crippen molar-refractivity contribution in [3.8, 4) is 11.5 Å². The molecule has 1 aliphatic heterocycles. The fourth-order valence-electron chi connectivity index (χ4n) is 2.47. The highest BCUT2D eigenvalue weighted by Crippen LogP contribution is 2.36. The molecule has 2 aromatic rings. The van der Waals surface area contributed by atoms with Crippen LogP contribution < -0.4 is 14.8 Å². The van der Waals surface area contributed by atoms with E-state index in [0.717, 1.165) is 14.8 Å². The molecule has 1 heterocycles. The van der Waals surface area contributed by atoms with Gasteiger partial charge in [0.25, 0.3) is 5.91 Å². The predicted molar refractivity (Wildman–Crippen MR) is 123 cm³/mol. The first-order chi connectivity index (χ1) is 13.6. The van der Waals surface area contributed by atoms with Crippen LogP contribution in [-0.2, 0) is 4.79 Å². The van der Waals surface area contributed by atoms with Gasteiger partial charge in [-0.05, 0) is 77.2 Å². The minimum absolute atomic E-state index is 0.167. The van der Waals surface area contributed by atoms with E-state index in [2.05, 4.69) is 39.5 Å². The quantitative estimate of drug-likeness (QED) is 0.321. The van der Waals surface area contributed by atoms with Crippen molar-refractivity contribution in [3.63, 3.8) is 0 Å². The van der Waals surface area contributed by atoms with E-state index >= 15 is 0 Å². The van der Waals surface area contributed by atoms with Gasteiger partial charge in [0.15, 0.2) is 16.7 Å². The summed E-state index contributed by atoms with van der Waals surface area (Å²) in [5, 5.41) is 3.37. The van der Waals surface area contributed by atoms with Crippen LogP contribution in [0.25, 0.3) is 6.08 Å². The smallest absolute Gasteiger partial charge is 0.264 e. The lowest BCUT2D eigenvalue weighted by atomic mass is 10.2. The zero-order valence-corrected chi connectivity index (χ0v) is 18.2.